The van der Waals surface area contributed by atoms with Crippen LogP contribution in [0.5, 0.6) is 0 Å². The van der Waals surface area contributed by atoms with Crippen LogP contribution in [0.3, 0.4) is 0 Å². The number of halogens is 3. The molecule has 5 nitrogen and oxygen atoms in total. The van der Waals surface area contributed by atoms with Crippen molar-refractivity contribution in [3.05, 3.63) is 42.0 Å². The highest BCUT2D eigenvalue weighted by molar-refractivity contribution is 7.80. The molecule has 1 aliphatic heterocycles. The summed E-state index contributed by atoms with van der Waals surface area (Å²) in [6.07, 6.45) is 2.07. The van der Waals surface area contributed by atoms with Crippen molar-refractivity contribution in [2.24, 2.45) is 0 Å². The van der Waals surface area contributed by atoms with Gasteiger partial charge in [0.25, 0.3) is 0 Å². The third-order valence-electron chi connectivity index (χ3n) is 3.41. The van der Waals surface area contributed by atoms with Gasteiger partial charge in [-0.25, -0.2) is 0 Å². The number of hydrogen-bond acceptors (Lipinski definition) is 3. The number of benzene rings is 1. The van der Waals surface area contributed by atoms with Crippen molar-refractivity contribution in [2.75, 3.05) is 26.3 Å². The molecule has 136 valence electrons. The first-order valence-electron chi connectivity index (χ1n) is 7.60. The summed E-state index contributed by atoms with van der Waals surface area (Å²) in [6.45, 7) is 2.43. The second-order valence-corrected chi connectivity index (χ2v) is 8.03. The van der Waals surface area contributed by atoms with E-state index in [0.29, 0.717) is 31.4 Å². The Morgan fingerprint density at radius 3 is 2.44 bits per heavy atom. The summed E-state index contributed by atoms with van der Waals surface area (Å²) in [6, 6.07) is 9.41. The minimum absolute atomic E-state index is 0.395. The van der Waals surface area contributed by atoms with E-state index in [1.54, 1.807) is 6.08 Å². The molecule has 1 aromatic carbocycles. The Morgan fingerprint density at radius 1 is 1.20 bits per heavy atom. The number of carbonyl (C=O) groups excluding carboxylic acids is 1. The highest BCUT2D eigenvalue weighted by Crippen LogP contribution is 2.29. The lowest BCUT2D eigenvalue weighted by Crippen LogP contribution is -2.58. The standard InChI is InChI=1S/C16H18Cl3N3O2S/c17-16(18,19)14(21-15(25)22-8-10-24-11-9-22)20-13(23)7-6-12-4-2-1-3-5-12/h1-7,14H,8-11H2,(H,20,23)(H,21,25)/b7-6+. The van der Waals surface area contributed by atoms with E-state index in [1.807, 2.05) is 35.2 Å². The molecule has 1 amide bonds. The lowest BCUT2D eigenvalue weighted by molar-refractivity contribution is -0.117. The van der Waals surface area contributed by atoms with Gasteiger partial charge in [-0.15, -0.1) is 0 Å². The maximum Gasteiger partial charge on any atom is 0.245 e. The number of carbonyl (C=O) groups is 1. The van der Waals surface area contributed by atoms with Crippen LogP contribution in [0.4, 0.5) is 0 Å². The van der Waals surface area contributed by atoms with Gasteiger partial charge in [0.2, 0.25) is 9.70 Å². The number of amides is 1. The van der Waals surface area contributed by atoms with Crippen LogP contribution in [0, 0.1) is 0 Å². The van der Waals surface area contributed by atoms with E-state index < -0.39 is 15.9 Å². The number of rotatable bonds is 4. The quantitative estimate of drug-likeness (QED) is 0.338. The summed E-state index contributed by atoms with van der Waals surface area (Å²) in [4.78, 5) is 14.0. The van der Waals surface area contributed by atoms with Crippen molar-refractivity contribution >= 4 is 64.1 Å². The number of nitrogens with zero attached hydrogens (tertiary/aromatic N) is 1. The molecule has 0 spiro atoms. The third-order valence-corrected chi connectivity index (χ3v) is 4.44. The van der Waals surface area contributed by atoms with Gasteiger partial charge in [-0.05, 0) is 23.9 Å². The largest absolute Gasteiger partial charge is 0.378 e. The minimum Gasteiger partial charge on any atom is -0.378 e. The number of morpholine rings is 1. The summed E-state index contributed by atoms with van der Waals surface area (Å²) in [5.74, 6) is -0.405. The topological polar surface area (TPSA) is 53.6 Å². The van der Waals surface area contributed by atoms with Gasteiger partial charge in [0.05, 0.1) is 13.2 Å². The summed E-state index contributed by atoms with van der Waals surface area (Å²) >= 11 is 23.2. The minimum atomic E-state index is -1.77. The van der Waals surface area contributed by atoms with Crippen LogP contribution in [0.25, 0.3) is 6.08 Å². The Bertz CT molecular complexity index is 617. The van der Waals surface area contributed by atoms with Crippen LogP contribution in [-0.4, -0.2) is 52.2 Å². The van der Waals surface area contributed by atoms with Crippen molar-refractivity contribution in [1.29, 1.82) is 0 Å². The molecule has 1 aromatic rings. The first-order valence-corrected chi connectivity index (χ1v) is 9.14. The van der Waals surface area contributed by atoms with E-state index in [1.165, 1.54) is 6.08 Å². The van der Waals surface area contributed by atoms with Crippen LogP contribution in [0.2, 0.25) is 0 Å². The van der Waals surface area contributed by atoms with Crippen molar-refractivity contribution in [3.63, 3.8) is 0 Å². The van der Waals surface area contributed by atoms with E-state index in [0.717, 1.165) is 5.56 Å². The van der Waals surface area contributed by atoms with E-state index >= 15 is 0 Å². The Hall–Kier alpha value is -1.05. The number of hydrogen-bond donors (Lipinski definition) is 2. The molecule has 9 heteroatoms. The van der Waals surface area contributed by atoms with Crippen molar-refractivity contribution in [2.45, 2.75) is 9.96 Å². The van der Waals surface area contributed by atoms with Crippen LogP contribution < -0.4 is 10.6 Å². The van der Waals surface area contributed by atoms with Crippen LogP contribution in [0.15, 0.2) is 36.4 Å². The molecule has 0 saturated carbocycles. The second kappa shape index (κ2) is 9.59. The molecule has 0 aliphatic carbocycles. The Kier molecular flexibility index (Phi) is 7.78. The summed E-state index contributed by atoms with van der Waals surface area (Å²) in [5.41, 5.74) is 0.889. The van der Waals surface area contributed by atoms with Crippen LogP contribution >= 0.6 is 47.0 Å². The smallest absolute Gasteiger partial charge is 0.245 e. The summed E-state index contributed by atoms with van der Waals surface area (Å²) in [5, 5.41) is 5.91. The Balaban J connectivity index is 1.96. The zero-order valence-electron chi connectivity index (χ0n) is 13.3. The molecule has 1 fully saturated rings. The zero-order chi connectivity index (χ0) is 18.3. The molecule has 1 saturated heterocycles. The van der Waals surface area contributed by atoms with Gasteiger partial charge in [0, 0.05) is 19.2 Å². The summed E-state index contributed by atoms with van der Waals surface area (Å²) < 4.78 is 3.50. The molecule has 1 aliphatic rings. The van der Waals surface area contributed by atoms with Crippen LogP contribution in [-0.2, 0) is 9.53 Å². The number of ether oxygens (including phenoxy) is 1. The predicted octanol–water partition coefficient (Wildman–Crippen LogP) is 2.72. The second-order valence-electron chi connectivity index (χ2n) is 5.28. The monoisotopic (exact) mass is 421 g/mol. The number of nitrogens with one attached hydrogen (secondary N) is 2. The number of alkyl halides is 3. The first kappa shape index (κ1) is 20.3. The molecule has 1 atom stereocenters. The van der Waals surface area contributed by atoms with Gasteiger partial charge in [-0.1, -0.05) is 65.1 Å². The van der Waals surface area contributed by atoms with E-state index in [9.17, 15) is 4.79 Å². The highest BCUT2D eigenvalue weighted by atomic mass is 35.6. The maximum absolute atomic E-state index is 12.1. The predicted molar refractivity (Wildman–Crippen MR) is 106 cm³/mol. The van der Waals surface area contributed by atoms with E-state index in [2.05, 4.69) is 10.6 Å². The van der Waals surface area contributed by atoms with E-state index in [-0.39, 0.29) is 0 Å². The van der Waals surface area contributed by atoms with Gasteiger partial charge in [0.1, 0.15) is 6.17 Å². The Morgan fingerprint density at radius 2 is 1.84 bits per heavy atom. The molecule has 1 heterocycles. The molecular formula is C16H18Cl3N3O2S. The lowest BCUT2D eigenvalue weighted by atomic mass is 10.2. The van der Waals surface area contributed by atoms with Gasteiger partial charge in [-0.3, -0.25) is 4.79 Å². The average Bonchev–Trinajstić information content (AvgIpc) is 2.60. The van der Waals surface area contributed by atoms with Crippen molar-refractivity contribution < 1.29 is 9.53 Å². The molecule has 0 aromatic heterocycles. The summed E-state index contributed by atoms with van der Waals surface area (Å²) in [7, 11) is 0. The van der Waals surface area contributed by atoms with Crippen LogP contribution in [0.1, 0.15) is 5.56 Å². The fourth-order valence-corrected chi connectivity index (χ4v) is 2.74. The number of thiocarbonyl (C=S) groups is 1. The van der Waals surface area contributed by atoms with Gasteiger partial charge in [-0.2, -0.15) is 0 Å². The first-order chi connectivity index (χ1) is 11.9. The zero-order valence-corrected chi connectivity index (χ0v) is 16.3. The molecule has 25 heavy (non-hydrogen) atoms. The SMILES string of the molecule is O=C(/C=C/c1ccccc1)NC(NC(=S)N1CCOCC1)C(Cl)(Cl)Cl. The molecular weight excluding hydrogens is 405 g/mol. The molecule has 0 bridgehead atoms. The maximum atomic E-state index is 12.1. The van der Waals surface area contributed by atoms with E-state index in [4.69, 9.17) is 51.8 Å². The Labute approximate surface area is 167 Å². The van der Waals surface area contributed by atoms with Gasteiger partial charge >= 0.3 is 0 Å². The van der Waals surface area contributed by atoms with Crippen molar-refractivity contribution in [1.82, 2.24) is 15.5 Å². The molecule has 2 N–H and O–H groups in total. The normalized spacial score (nSPS) is 16.5. The third kappa shape index (κ3) is 6.99. The fourth-order valence-electron chi connectivity index (χ4n) is 2.11. The highest BCUT2D eigenvalue weighted by Gasteiger charge is 2.35. The van der Waals surface area contributed by atoms with Crippen molar-refractivity contribution in [3.8, 4) is 0 Å². The van der Waals surface area contributed by atoms with Gasteiger partial charge < -0.3 is 20.3 Å². The lowest BCUT2D eigenvalue weighted by Gasteiger charge is -2.33. The van der Waals surface area contributed by atoms with Gasteiger partial charge in [0.15, 0.2) is 5.11 Å². The average molecular weight is 423 g/mol. The molecule has 0 radical (unpaired) electrons. The molecule has 2 rings (SSSR count). The fraction of sp³-hybridized carbons (Fsp3) is 0.375. The molecule has 1 unspecified atom stereocenters.